The molecule has 20 heavy (non-hydrogen) atoms. The van der Waals surface area contributed by atoms with Crippen LogP contribution < -0.4 is 0 Å². The molecule has 5 nitrogen and oxygen atoms in total. The lowest BCUT2D eigenvalue weighted by Crippen LogP contribution is -2.46. The van der Waals surface area contributed by atoms with E-state index >= 15 is 0 Å². The Labute approximate surface area is 125 Å². The number of esters is 1. The number of rotatable bonds is 3. The van der Waals surface area contributed by atoms with Crippen LogP contribution in [0, 0.1) is 0 Å². The van der Waals surface area contributed by atoms with E-state index in [-0.39, 0.29) is 11.6 Å². The molecule has 0 spiro atoms. The van der Waals surface area contributed by atoms with Gasteiger partial charge in [0.1, 0.15) is 6.54 Å². The number of carbonyl (C=O) groups is 2. The first-order chi connectivity index (χ1) is 9.38. The normalized spacial score (nSPS) is 21.4. The molecule has 106 valence electrons. The van der Waals surface area contributed by atoms with Gasteiger partial charge < -0.3 is 9.84 Å². The molecule has 0 radical (unpaired) electrons. The molecular formula is C13H11Cl2NO4. The van der Waals surface area contributed by atoms with E-state index in [1.54, 1.807) is 0 Å². The van der Waals surface area contributed by atoms with E-state index in [0.717, 1.165) is 4.90 Å². The summed E-state index contributed by atoms with van der Waals surface area (Å²) in [5.41, 5.74) is -1.42. The Morgan fingerprint density at radius 3 is 2.70 bits per heavy atom. The standard InChI is InChI=1S/C13H11Cl2NO4/c1-20-12(18)7-16-11(17)4-5-13(16,19)8-2-3-9(14)10(15)6-8/h2-6,19H,7H2,1H3. The molecule has 2 rings (SSSR count). The summed E-state index contributed by atoms with van der Waals surface area (Å²) in [6, 6.07) is 4.47. The van der Waals surface area contributed by atoms with Gasteiger partial charge in [0.25, 0.3) is 0 Å². The highest BCUT2D eigenvalue weighted by Gasteiger charge is 2.42. The van der Waals surface area contributed by atoms with Crippen molar-refractivity contribution in [3.8, 4) is 0 Å². The highest BCUT2D eigenvalue weighted by atomic mass is 35.5. The quantitative estimate of drug-likeness (QED) is 0.862. The van der Waals surface area contributed by atoms with Crippen molar-refractivity contribution >= 4 is 35.1 Å². The molecule has 1 amide bonds. The maximum atomic E-state index is 11.8. The topological polar surface area (TPSA) is 66.8 Å². The van der Waals surface area contributed by atoms with Crippen LogP contribution in [0.2, 0.25) is 10.0 Å². The highest BCUT2D eigenvalue weighted by Crippen LogP contribution is 2.35. The summed E-state index contributed by atoms with van der Waals surface area (Å²) in [5.74, 6) is -1.13. The summed E-state index contributed by atoms with van der Waals surface area (Å²) >= 11 is 11.7. The van der Waals surface area contributed by atoms with Gasteiger partial charge in [-0.1, -0.05) is 29.3 Å². The van der Waals surface area contributed by atoms with Crippen molar-refractivity contribution in [2.24, 2.45) is 0 Å². The lowest BCUT2D eigenvalue weighted by Gasteiger charge is -2.32. The Hall–Kier alpha value is -1.56. The van der Waals surface area contributed by atoms with E-state index in [1.807, 2.05) is 0 Å². The summed E-state index contributed by atoms with van der Waals surface area (Å²) < 4.78 is 4.51. The maximum Gasteiger partial charge on any atom is 0.325 e. The number of ether oxygens (including phenoxy) is 1. The first-order valence-electron chi connectivity index (χ1n) is 5.64. The number of methoxy groups -OCH3 is 1. The summed E-state index contributed by atoms with van der Waals surface area (Å²) in [6.07, 6.45) is 2.48. The Kier molecular flexibility index (Phi) is 4.04. The lowest BCUT2D eigenvalue weighted by molar-refractivity contribution is -0.157. The van der Waals surface area contributed by atoms with Gasteiger partial charge in [-0.25, -0.2) is 0 Å². The van der Waals surface area contributed by atoms with Crippen LogP contribution >= 0.6 is 23.2 Å². The molecular weight excluding hydrogens is 305 g/mol. The van der Waals surface area contributed by atoms with Crippen molar-refractivity contribution in [2.45, 2.75) is 5.72 Å². The molecule has 0 fully saturated rings. The van der Waals surface area contributed by atoms with Crippen LogP contribution in [-0.2, 0) is 20.1 Å². The van der Waals surface area contributed by atoms with E-state index < -0.39 is 17.6 Å². The zero-order chi connectivity index (χ0) is 14.9. The number of carbonyl (C=O) groups excluding carboxylic acids is 2. The van der Waals surface area contributed by atoms with Gasteiger partial charge in [-0.3, -0.25) is 14.5 Å². The molecule has 1 aromatic rings. The molecule has 1 heterocycles. The monoisotopic (exact) mass is 315 g/mol. The minimum absolute atomic E-state index is 0.239. The Balaban J connectivity index is 2.40. The van der Waals surface area contributed by atoms with Crippen LogP contribution in [0.15, 0.2) is 30.4 Å². The Morgan fingerprint density at radius 2 is 2.10 bits per heavy atom. The summed E-state index contributed by atoms with van der Waals surface area (Å²) in [5, 5.41) is 11.2. The zero-order valence-corrected chi connectivity index (χ0v) is 12.0. The Morgan fingerprint density at radius 1 is 1.40 bits per heavy atom. The van der Waals surface area contributed by atoms with E-state index in [1.165, 1.54) is 37.5 Å². The van der Waals surface area contributed by atoms with Crippen LogP contribution in [0.1, 0.15) is 5.56 Å². The maximum absolute atomic E-state index is 11.8. The molecule has 0 saturated carbocycles. The second-order valence-electron chi connectivity index (χ2n) is 4.19. The smallest absolute Gasteiger partial charge is 0.325 e. The van der Waals surface area contributed by atoms with E-state index in [4.69, 9.17) is 23.2 Å². The molecule has 1 aliphatic heterocycles. The summed E-state index contributed by atoms with van der Waals surface area (Å²) in [6.45, 7) is -0.376. The number of amides is 1. The van der Waals surface area contributed by atoms with Gasteiger partial charge in [0.05, 0.1) is 17.2 Å². The Bertz CT molecular complexity index is 602. The summed E-state index contributed by atoms with van der Waals surface area (Å²) in [4.78, 5) is 24.1. The van der Waals surface area contributed by atoms with E-state index in [9.17, 15) is 14.7 Å². The molecule has 1 N–H and O–H groups in total. The number of hydrogen-bond donors (Lipinski definition) is 1. The third-order valence-corrected chi connectivity index (χ3v) is 3.73. The number of hydrogen-bond acceptors (Lipinski definition) is 4. The van der Waals surface area contributed by atoms with Gasteiger partial charge in [0.15, 0.2) is 5.72 Å². The first kappa shape index (κ1) is 14.8. The lowest BCUT2D eigenvalue weighted by atomic mass is 10.0. The van der Waals surface area contributed by atoms with Gasteiger partial charge in [0, 0.05) is 11.6 Å². The molecule has 0 aromatic heterocycles. The van der Waals surface area contributed by atoms with Crippen LogP contribution in [0.4, 0.5) is 0 Å². The fourth-order valence-corrected chi connectivity index (χ4v) is 2.20. The van der Waals surface area contributed by atoms with Gasteiger partial charge >= 0.3 is 5.97 Å². The van der Waals surface area contributed by atoms with Crippen LogP contribution in [0.5, 0.6) is 0 Å². The fourth-order valence-electron chi connectivity index (χ4n) is 1.90. The number of aliphatic hydroxyl groups is 1. The van der Waals surface area contributed by atoms with Crippen LogP contribution in [0.25, 0.3) is 0 Å². The van der Waals surface area contributed by atoms with Gasteiger partial charge in [0.2, 0.25) is 5.91 Å². The van der Waals surface area contributed by atoms with Gasteiger partial charge in [-0.2, -0.15) is 0 Å². The minimum Gasteiger partial charge on any atom is -0.468 e. The molecule has 7 heteroatoms. The first-order valence-corrected chi connectivity index (χ1v) is 6.39. The minimum atomic E-state index is -1.75. The largest absolute Gasteiger partial charge is 0.468 e. The molecule has 0 aliphatic carbocycles. The SMILES string of the molecule is COC(=O)CN1C(=O)C=CC1(O)c1ccc(Cl)c(Cl)c1. The van der Waals surface area contributed by atoms with Crippen molar-refractivity contribution in [1.82, 2.24) is 4.90 Å². The number of halogens is 2. The second kappa shape index (κ2) is 5.44. The van der Waals surface area contributed by atoms with Crippen molar-refractivity contribution in [3.63, 3.8) is 0 Å². The molecule has 0 bridgehead atoms. The van der Waals surface area contributed by atoms with Crippen molar-refractivity contribution in [2.75, 3.05) is 13.7 Å². The predicted octanol–water partition coefficient (Wildman–Crippen LogP) is 1.71. The van der Waals surface area contributed by atoms with E-state index in [2.05, 4.69) is 4.74 Å². The fraction of sp³-hybridized carbons (Fsp3) is 0.231. The van der Waals surface area contributed by atoms with Crippen molar-refractivity contribution < 1.29 is 19.4 Å². The second-order valence-corrected chi connectivity index (χ2v) is 5.00. The molecule has 0 saturated heterocycles. The molecule has 1 unspecified atom stereocenters. The number of benzene rings is 1. The summed E-state index contributed by atoms with van der Waals surface area (Å²) in [7, 11) is 1.20. The average molecular weight is 316 g/mol. The van der Waals surface area contributed by atoms with E-state index in [0.29, 0.717) is 10.6 Å². The molecule has 1 aromatic carbocycles. The van der Waals surface area contributed by atoms with Crippen molar-refractivity contribution in [3.05, 3.63) is 46.0 Å². The average Bonchev–Trinajstić information content (AvgIpc) is 2.71. The highest BCUT2D eigenvalue weighted by molar-refractivity contribution is 6.42. The number of nitrogens with zero attached hydrogens (tertiary/aromatic N) is 1. The zero-order valence-electron chi connectivity index (χ0n) is 10.5. The van der Waals surface area contributed by atoms with Crippen LogP contribution in [-0.4, -0.2) is 35.5 Å². The van der Waals surface area contributed by atoms with Gasteiger partial charge in [-0.15, -0.1) is 0 Å². The van der Waals surface area contributed by atoms with Crippen molar-refractivity contribution in [1.29, 1.82) is 0 Å². The van der Waals surface area contributed by atoms with Crippen LogP contribution in [0.3, 0.4) is 0 Å². The third kappa shape index (κ3) is 2.52. The molecule has 1 aliphatic rings. The third-order valence-electron chi connectivity index (χ3n) is 3.00. The predicted molar refractivity (Wildman–Crippen MR) is 73.2 cm³/mol. The van der Waals surface area contributed by atoms with Gasteiger partial charge in [-0.05, 0) is 18.2 Å². The molecule has 1 atom stereocenters.